The highest BCUT2D eigenvalue weighted by molar-refractivity contribution is 6.30. The Morgan fingerprint density at radius 1 is 1.00 bits per heavy atom. The summed E-state index contributed by atoms with van der Waals surface area (Å²) in [6.45, 7) is 9.04. The maximum atomic E-state index is 13.3. The molecule has 6 nitrogen and oxygen atoms in total. The first-order valence-corrected chi connectivity index (χ1v) is 10.6. The van der Waals surface area contributed by atoms with E-state index in [0.29, 0.717) is 23.7 Å². The molecule has 30 heavy (non-hydrogen) atoms. The highest BCUT2D eigenvalue weighted by Gasteiger charge is 2.27. The van der Waals surface area contributed by atoms with Gasteiger partial charge in [-0.3, -0.25) is 4.79 Å². The quantitative estimate of drug-likeness (QED) is 0.627. The minimum Gasteiger partial charge on any atom is -0.353 e. The largest absolute Gasteiger partial charge is 0.353 e. The molecule has 1 aliphatic rings. The van der Waals surface area contributed by atoms with Gasteiger partial charge < -0.3 is 9.80 Å². The van der Waals surface area contributed by atoms with Crippen LogP contribution in [0.4, 0.5) is 5.82 Å². The Kier molecular flexibility index (Phi) is 5.77. The van der Waals surface area contributed by atoms with Crippen molar-refractivity contribution in [1.29, 1.82) is 0 Å². The van der Waals surface area contributed by atoms with Gasteiger partial charge in [-0.1, -0.05) is 43.1 Å². The zero-order valence-corrected chi connectivity index (χ0v) is 18.3. The second kappa shape index (κ2) is 8.48. The lowest BCUT2D eigenvalue weighted by atomic mass is 10.0. The topological polar surface area (TPSA) is 54.3 Å². The summed E-state index contributed by atoms with van der Waals surface area (Å²) in [4.78, 5) is 21.8. The minimum atomic E-state index is 0.0424. The molecule has 1 aromatic carbocycles. The summed E-state index contributed by atoms with van der Waals surface area (Å²) in [7, 11) is 0. The molecule has 0 radical (unpaired) electrons. The molecular weight excluding hydrogens is 398 g/mol. The van der Waals surface area contributed by atoms with E-state index < -0.39 is 0 Å². The van der Waals surface area contributed by atoms with Crippen LogP contribution in [0, 0.1) is 6.92 Å². The van der Waals surface area contributed by atoms with Gasteiger partial charge >= 0.3 is 0 Å². The number of amides is 1. The van der Waals surface area contributed by atoms with Crippen molar-refractivity contribution in [1.82, 2.24) is 19.7 Å². The lowest BCUT2D eigenvalue weighted by Gasteiger charge is -2.35. The molecule has 156 valence electrons. The Labute approximate surface area is 182 Å². The number of pyridine rings is 1. The van der Waals surface area contributed by atoms with Gasteiger partial charge in [0, 0.05) is 32.4 Å². The van der Waals surface area contributed by atoms with Gasteiger partial charge in [0.1, 0.15) is 5.82 Å². The van der Waals surface area contributed by atoms with Gasteiger partial charge in [-0.15, -0.1) is 0 Å². The third-order valence-electron chi connectivity index (χ3n) is 5.46. The van der Waals surface area contributed by atoms with Crippen LogP contribution in [0.2, 0.25) is 5.02 Å². The van der Waals surface area contributed by atoms with Crippen molar-refractivity contribution in [2.75, 3.05) is 31.1 Å². The minimum absolute atomic E-state index is 0.0424. The number of benzene rings is 1. The number of rotatable bonds is 4. The zero-order chi connectivity index (χ0) is 21.3. The van der Waals surface area contributed by atoms with E-state index in [9.17, 15) is 4.79 Å². The zero-order valence-electron chi connectivity index (χ0n) is 17.5. The molecule has 4 rings (SSSR count). The number of carbonyl (C=O) groups excluding carboxylic acids is 1. The molecular formula is C23H26ClN5O. The number of hydrogen-bond donors (Lipinski definition) is 0. The molecule has 0 spiro atoms. The molecule has 0 bridgehead atoms. The molecule has 2 aromatic heterocycles. The number of piperazine rings is 1. The van der Waals surface area contributed by atoms with Crippen LogP contribution in [0.1, 0.15) is 41.4 Å². The summed E-state index contributed by atoms with van der Waals surface area (Å²) in [5.41, 5.74) is 3.80. The van der Waals surface area contributed by atoms with Gasteiger partial charge in [0.15, 0.2) is 0 Å². The Morgan fingerprint density at radius 2 is 1.70 bits per heavy atom. The average molecular weight is 424 g/mol. The first kappa shape index (κ1) is 20.4. The maximum absolute atomic E-state index is 13.3. The Balaban J connectivity index is 1.52. The van der Waals surface area contributed by atoms with Crippen LogP contribution >= 0.6 is 11.6 Å². The van der Waals surface area contributed by atoms with E-state index in [1.54, 1.807) is 12.4 Å². The predicted molar refractivity (Wildman–Crippen MR) is 120 cm³/mol. The molecule has 0 atom stereocenters. The number of hydrogen-bond acceptors (Lipinski definition) is 4. The lowest BCUT2D eigenvalue weighted by molar-refractivity contribution is 0.0745. The SMILES string of the molecule is Cc1ccc(-n2ncc(C(=O)N3CCN(c4ccc(Cl)cn4)CC3)c2C(C)C)cc1. The fourth-order valence-electron chi connectivity index (χ4n) is 3.83. The fourth-order valence-corrected chi connectivity index (χ4v) is 3.95. The summed E-state index contributed by atoms with van der Waals surface area (Å²) in [5, 5.41) is 5.18. The molecule has 1 fully saturated rings. The summed E-state index contributed by atoms with van der Waals surface area (Å²) in [6, 6.07) is 12.0. The summed E-state index contributed by atoms with van der Waals surface area (Å²) in [5.74, 6) is 1.11. The molecule has 0 aliphatic carbocycles. The van der Waals surface area contributed by atoms with Crippen molar-refractivity contribution in [3.63, 3.8) is 0 Å². The van der Waals surface area contributed by atoms with Crippen LogP contribution in [0.15, 0.2) is 48.8 Å². The van der Waals surface area contributed by atoms with Crippen LogP contribution < -0.4 is 4.90 Å². The van der Waals surface area contributed by atoms with E-state index in [4.69, 9.17) is 11.6 Å². The highest BCUT2D eigenvalue weighted by Crippen LogP contribution is 2.25. The summed E-state index contributed by atoms with van der Waals surface area (Å²) in [6.07, 6.45) is 3.37. The van der Waals surface area contributed by atoms with Gasteiger partial charge in [0.05, 0.1) is 28.2 Å². The number of halogens is 1. The van der Waals surface area contributed by atoms with Gasteiger partial charge in [0.2, 0.25) is 0 Å². The number of aryl methyl sites for hydroxylation is 1. The van der Waals surface area contributed by atoms with E-state index in [-0.39, 0.29) is 11.8 Å². The van der Waals surface area contributed by atoms with Crippen LogP contribution in [0.5, 0.6) is 0 Å². The Morgan fingerprint density at radius 3 is 2.30 bits per heavy atom. The molecule has 1 saturated heterocycles. The van der Waals surface area contributed by atoms with Crippen LogP contribution in [-0.2, 0) is 0 Å². The molecule has 7 heteroatoms. The second-order valence-electron chi connectivity index (χ2n) is 7.96. The monoisotopic (exact) mass is 423 g/mol. The third kappa shape index (κ3) is 4.05. The van der Waals surface area contributed by atoms with Crippen molar-refractivity contribution in [3.05, 3.63) is 70.6 Å². The molecule has 1 amide bonds. The molecule has 1 aliphatic heterocycles. The van der Waals surface area contributed by atoms with E-state index in [0.717, 1.165) is 30.3 Å². The van der Waals surface area contributed by atoms with E-state index in [1.165, 1.54) is 5.56 Å². The van der Waals surface area contributed by atoms with Crippen molar-refractivity contribution < 1.29 is 4.79 Å². The van der Waals surface area contributed by atoms with Crippen molar-refractivity contribution in [2.24, 2.45) is 0 Å². The standard InChI is InChI=1S/C23H26ClN5O/c1-16(2)22-20(15-26-29(22)19-7-4-17(3)5-8-19)23(30)28-12-10-27(11-13-28)21-9-6-18(24)14-25-21/h4-9,14-16H,10-13H2,1-3H3. The smallest absolute Gasteiger partial charge is 0.257 e. The van der Waals surface area contributed by atoms with Gasteiger partial charge in [-0.2, -0.15) is 5.10 Å². The van der Waals surface area contributed by atoms with Gasteiger partial charge in [-0.05, 0) is 37.1 Å². The first-order valence-electron chi connectivity index (χ1n) is 10.2. The number of aromatic nitrogens is 3. The van der Waals surface area contributed by atoms with Gasteiger partial charge in [0.25, 0.3) is 5.91 Å². The third-order valence-corrected chi connectivity index (χ3v) is 5.69. The first-order chi connectivity index (χ1) is 14.4. The predicted octanol–water partition coefficient (Wildman–Crippen LogP) is 4.31. The second-order valence-corrected chi connectivity index (χ2v) is 8.40. The van der Waals surface area contributed by atoms with Crippen LogP contribution in [-0.4, -0.2) is 51.8 Å². The molecule has 0 saturated carbocycles. The molecule has 3 aromatic rings. The van der Waals surface area contributed by atoms with E-state index >= 15 is 0 Å². The van der Waals surface area contributed by atoms with Crippen molar-refractivity contribution in [2.45, 2.75) is 26.7 Å². The lowest BCUT2D eigenvalue weighted by Crippen LogP contribution is -2.49. The van der Waals surface area contributed by atoms with Gasteiger partial charge in [-0.25, -0.2) is 9.67 Å². The average Bonchev–Trinajstić information content (AvgIpc) is 3.20. The van der Waals surface area contributed by atoms with Crippen LogP contribution in [0.25, 0.3) is 5.69 Å². The summed E-state index contributed by atoms with van der Waals surface area (Å²) < 4.78 is 1.89. The normalized spacial score (nSPS) is 14.4. The highest BCUT2D eigenvalue weighted by atomic mass is 35.5. The molecule has 0 N–H and O–H groups in total. The Bertz CT molecular complexity index is 1020. The number of carbonyl (C=O) groups is 1. The van der Waals surface area contributed by atoms with Crippen molar-refractivity contribution in [3.8, 4) is 5.69 Å². The Hall–Kier alpha value is -2.86. The molecule has 3 heterocycles. The summed E-state index contributed by atoms with van der Waals surface area (Å²) >= 11 is 5.94. The molecule has 0 unspecified atom stereocenters. The van der Waals surface area contributed by atoms with E-state index in [2.05, 4.69) is 47.9 Å². The van der Waals surface area contributed by atoms with Crippen molar-refractivity contribution >= 4 is 23.3 Å². The maximum Gasteiger partial charge on any atom is 0.257 e. The van der Waals surface area contributed by atoms with E-state index in [1.807, 2.05) is 33.8 Å². The number of anilines is 1. The number of nitrogens with zero attached hydrogens (tertiary/aromatic N) is 5. The van der Waals surface area contributed by atoms with Crippen LogP contribution in [0.3, 0.4) is 0 Å². The fraction of sp³-hybridized carbons (Fsp3) is 0.348.